The molecule has 74 valence electrons. The van der Waals surface area contributed by atoms with Crippen molar-refractivity contribution in [3.05, 3.63) is 35.4 Å². The van der Waals surface area contributed by atoms with Gasteiger partial charge in [-0.3, -0.25) is 0 Å². The SMILES string of the molecule is Cl.N[C@@H](CF)c1c(F)cccc1F. The van der Waals surface area contributed by atoms with Crippen LogP contribution in [0.1, 0.15) is 11.6 Å². The van der Waals surface area contributed by atoms with Crippen molar-refractivity contribution < 1.29 is 13.2 Å². The normalized spacial score (nSPS) is 12.0. The lowest BCUT2D eigenvalue weighted by atomic mass is 10.1. The molecule has 5 heteroatoms. The molecule has 0 saturated carbocycles. The summed E-state index contributed by atoms with van der Waals surface area (Å²) in [6, 6.07) is 2.09. The molecule has 1 atom stereocenters. The van der Waals surface area contributed by atoms with E-state index in [0.29, 0.717) is 0 Å². The molecule has 1 aromatic rings. The lowest BCUT2D eigenvalue weighted by Gasteiger charge is -2.08. The Kier molecular flexibility index (Phi) is 4.80. The van der Waals surface area contributed by atoms with Gasteiger partial charge in [0, 0.05) is 5.56 Å². The van der Waals surface area contributed by atoms with Gasteiger partial charge in [-0.1, -0.05) is 6.07 Å². The first-order valence-electron chi connectivity index (χ1n) is 3.42. The third-order valence-corrected chi connectivity index (χ3v) is 1.54. The predicted molar refractivity (Wildman–Crippen MR) is 46.5 cm³/mol. The van der Waals surface area contributed by atoms with Crippen LogP contribution in [0.2, 0.25) is 0 Å². The monoisotopic (exact) mass is 211 g/mol. The molecule has 1 aromatic carbocycles. The fraction of sp³-hybridized carbons (Fsp3) is 0.250. The first-order valence-corrected chi connectivity index (χ1v) is 3.42. The maximum Gasteiger partial charge on any atom is 0.131 e. The van der Waals surface area contributed by atoms with Gasteiger partial charge >= 0.3 is 0 Å². The lowest BCUT2D eigenvalue weighted by molar-refractivity contribution is 0.413. The average molecular weight is 212 g/mol. The summed E-state index contributed by atoms with van der Waals surface area (Å²) in [7, 11) is 0. The molecule has 0 fully saturated rings. The fourth-order valence-corrected chi connectivity index (χ4v) is 0.942. The van der Waals surface area contributed by atoms with Crippen LogP contribution >= 0.6 is 12.4 Å². The second-order valence-corrected chi connectivity index (χ2v) is 2.40. The molecule has 0 unspecified atom stereocenters. The van der Waals surface area contributed by atoms with E-state index in [1.807, 2.05) is 0 Å². The number of rotatable bonds is 2. The zero-order valence-corrected chi connectivity index (χ0v) is 7.45. The van der Waals surface area contributed by atoms with Gasteiger partial charge in [0.25, 0.3) is 0 Å². The average Bonchev–Trinajstić information content (AvgIpc) is 2.03. The Morgan fingerprint density at radius 3 is 2.08 bits per heavy atom. The van der Waals surface area contributed by atoms with Crippen LogP contribution in [0.4, 0.5) is 13.2 Å². The van der Waals surface area contributed by atoms with Gasteiger partial charge in [0.15, 0.2) is 0 Å². The van der Waals surface area contributed by atoms with Gasteiger partial charge in [-0.25, -0.2) is 13.2 Å². The highest BCUT2D eigenvalue weighted by Crippen LogP contribution is 2.18. The second-order valence-electron chi connectivity index (χ2n) is 2.40. The smallest absolute Gasteiger partial charge is 0.131 e. The fourth-order valence-electron chi connectivity index (χ4n) is 0.942. The van der Waals surface area contributed by atoms with E-state index in [1.165, 1.54) is 6.07 Å². The van der Waals surface area contributed by atoms with E-state index in [9.17, 15) is 13.2 Å². The molecule has 0 amide bonds. The van der Waals surface area contributed by atoms with Gasteiger partial charge < -0.3 is 5.73 Å². The van der Waals surface area contributed by atoms with Crippen LogP contribution in [0.3, 0.4) is 0 Å². The zero-order valence-electron chi connectivity index (χ0n) is 6.64. The molecule has 13 heavy (non-hydrogen) atoms. The minimum atomic E-state index is -1.22. The number of halogens is 4. The van der Waals surface area contributed by atoms with Crippen molar-refractivity contribution in [2.75, 3.05) is 6.67 Å². The first kappa shape index (κ1) is 12.3. The van der Waals surface area contributed by atoms with Gasteiger partial charge in [0.1, 0.15) is 18.3 Å². The summed E-state index contributed by atoms with van der Waals surface area (Å²) in [6.07, 6.45) is 0. The summed E-state index contributed by atoms with van der Waals surface area (Å²) in [5.41, 5.74) is 4.75. The van der Waals surface area contributed by atoms with Crippen LogP contribution in [-0.4, -0.2) is 6.67 Å². The topological polar surface area (TPSA) is 26.0 Å². The van der Waals surface area contributed by atoms with E-state index >= 15 is 0 Å². The van der Waals surface area contributed by atoms with Crippen molar-refractivity contribution in [2.45, 2.75) is 6.04 Å². The van der Waals surface area contributed by atoms with Crippen molar-refractivity contribution in [3.8, 4) is 0 Å². The van der Waals surface area contributed by atoms with Crippen LogP contribution in [0.15, 0.2) is 18.2 Å². The second kappa shape index (κ2) is 5.09. The summed E-state index contributed by atoms with van der Waals surface area (Å²) in [6.45, 7) is -0.974. The van der Waals surface area contributed by atoms with Gasteiger partial charge in [0.05, 0.1) is 6.04 Å². The van der Waals surface area contributed by atoms with E-state index < -0.39 is 24.4 Å². The minimum Gasteiger partial charge on any atom is -0.322 e. The number of benzene rings is 1. The van der Waals surface area contributed by atoms with Crippen LogP contribution < -0.4 is 5.73 Å². The third-order valence-electron chi connectivity index (χ3n) is 1.54. The number of hydrogen-bond donors (Lipinski definition) is 1. The van der Waals surface area contributed by atoms with E-state index in [2.05, 4.69) is 0 Å². The molecule has 1 nitrogen and oxygen atoms in total. The van der Waals surface area contributed by atoms with Gasteiger partial charge in [-0.05, 0) is 12.1 Å². The molecule has 0 aliphatic rings. The summed E-state index contributed by atoms with van der Waals surface area (Å²) < 4.78 is 37.6. The Morgan fingerprint density at radius 2 is 1.69 bits per heavy atom. The summed E-state index contributed by atoms with van der Waals surface area (Å²) in [4.78, 5) is 0. The predicted octanol–water partition coefficient (Wildman–Crippen LogP) is 2.36. The van der Waals surface area contributed by atoms with Crippen molar-refractivity contribution in [1.29, 1.82) is 0 Å². The number of nitrogens with two attached hydrogens (primary N) is 1. The first-order chi connectivity index (χ1) is 5.66. The van der Waals surface area contributed by atoms with Crippen molar-refractivity contribution in [1.82, 2.24) is 0 Å². The lowest BCUT2D eigenvalue weighted by Crippen LogP contribution is -2.15. The number of hydrogen-bond acceptors (Lipinski definition) is 1. The highest BCUT2D eigenvalue weighted by Gasteiger charge is 2.15. The molecule has 0 bridgehead atoms. The maximum absolute atomic E-state index is 12.8. The van der Waals surface area contributed by atoms with Crippen molar-refractivity contribution >= 4 is 12.4 Å². The van der Waals surface area contributed by atoms with E-state index in [1.54, 1.807) is 0 Å². The van der Waals surface area contributed by atoms with Crippen molar-refractivity contribution in [3.63, 3.8) is 0 Å². The molecule has 2 N–H and O–H groups in total. The molecule has 0 aliphatic carbocycles. The van der Waals surface area contributed by atoms with E-state index in [4.69, 9.17) is 5.73 Å². The standard InChI is InChI=1S/C8H8F3N.ClH/c9-4-7(12)8-5(10)2-1-3-6(8)11;/h1-3,7H,4,12H2;1H/t7-;/m0./s1. The Bertz CT molecular complexity index is 260. The van der Waals surface area contributed by atoms with E-state index in [0.717, 1.165) is 12.1 Å². The molecule has 0 radical (unpaired) electrons. The number of alkyl halides is 1. The molecule has 0 heterocycles. The highest BCUT2D eigenvalue weighted by molar-refractivity contribution is 5.85. The van der Waals surface area contributed by atoms with Crippen LogP contribution in [0, 0.1) is 11.6 Å². The zero-order chi connectivity index (χ0) is 9.14. The highest BCUT2D eigenvalue weighted by atomic mass is 35.5. The van der Waals surface area contributed by atoms with Gasteiger partial charge in [-0.2, -0.15) is 0 Å². The summed E-state index contributed by atoms with van der Waals surface area (Å²) in [5.74, 6) is -1.61. The van der Waals surface area contributed by atoms with Gasteiger partial charge in [0.2, 0.25) is 0 Å². The molecular formula is C8H9ClF3N. The molecule has 0 saturated heterocycles. The van der Waals surface area contributed by atoms with Crippen LogP contribution in [0.25, 0.3) is 0 Å². The summed E-state index contributed by atoms with van der Waals surface area (Å²) >= 11 is 0. The largest absolute Gasteiger partial charge is 0.322 e. The quantitative estimate of drug-likeness (QED) is 0.799. The van der Waals surface area contributed by atoms with E-state index in [-0.39, 0.29) is 18.0 Å². The third kappa shape index (κ3) is 2.60. The molecular weight excluding hydrogens is 203 g/mol. The molecule has 0 spiro atoms. The summed E-state index contributed by atoms with van der Waals surface area (Å²) in [5, 5.41) is 0. The Hall–Kier alpha value is -0.740. The molecule has 0 aromatic heterocycles. The maximum atomic E-state index is 12.8. The molecule has 0 aliphatic heterocycles. The van der Waals surface area contributed by atoms with Crippen LogP contribution in [0.5, 0.6) is 0 Å². The molecule has 1 rings (SSSR count). The Balaban J connectivity index is 0.00000144. The van der Waals surface area contributed by atoms with Crippen LogP contribution in [-0.2, 0) is 0 Å². The Labute approximate surface area is 80.2 Å². The van der Waals surface area contributed by atoms with Crippen molar-refractivity contribution in [2.24, 2.45) is 5.73 Å². The minimum absolute atomic E-state index is 0. The Morgan fingerprint density at radius 1 is 1.23 bits per heavy atom. The van der Waals surface area contributed by atoms with Gasteiger partial charge in [-0.15, -0.1) is 12.4 Å².